The number of methoxy groups -OCH3 is 1. The molecule has 1 aliphatic rings. The van der Waals surface area contributed by atoms with E-state index in [0.29, 0.717) is 37.3 Å². The van der Waals surface area contributed by atoms with E-state index in [9.17, 15) is 4.79 Å². The highest BCUT2D eigenvalue weighted by Crippen LogP contribution is 2.30. The third kappa shape index (κ3) is 4.69. The highest BCUT2D eigenvalue weighted by molar-refractivity contribution is 5.71. The summed E-state index contributed by atoms with van der Waals surface area (Å²) in [5.41, 5.74) is 8.75. The Morgan fingerprint density at radius 1 is 1.38 bits per heavy atom. The molecule has 0 unspecified atom stereocenters. The molecule has 1 aromatic carbocycles. The molecule has 0 radical (unpaired) electrons. The van der Waals surface area contributed by atoms with E-state index in [1.165, 1.54) is 0 Å². The number of hydrogen-bond acceptors (Lipinski definition) is 5. The predicted molar refractivity (Wildman–Crippen MR) is 96.5 cm³/mol. The van der Waals surface area contributed by atoms with Gasteiger partial charge in [-0.25, -0.2) is 4.79 Å². The molecule has 6 heteroatoms. The number of nitrogens with one attached hydrogen (secondary N) is 1. The Hall–Kier alpha value is -2.11. The zero-order valence-electron chi connectivity index (χ0n) is 15.1. The minimum absolute atomic E-state index is 0.207. The van der Waals surface area contributed by atoms with Gasteiger partial charge in [-0.1, -0.05) is 13.8 Å². The molecule has 1 saturated heterocycles. The largest absolute Gasteiger partial charge is 0.496 e. The van der Waals surface area contributed by atoms with Crippen molar-refractivity contribution in [3.63, 3.8) is 0 Å². The first-order valence-corrected chi connectivity index (χ1v) is 8.53. The molecule has 0 atom stereocenters. The number of likely N-dealkylation sites (tertiary alicyclic amines) is 1. The topological polar surface area (TPSA) is 76.8 Å². The van der Waals surface area contributed by atoms with Gasteiger partial charge in [-0.05, 0) is 37.3 Å². The van der Waals surface area contributed by atoms with Gasteiger partial charge in [0.2, 0.25) is 0 Å². The van der Waals surface area contributed by atoms with E-state index in [-0.39, 0.29) is 6.09 Å². The van der Waals surface area contributed by atoms with Crippen molar-refractivity contribution in [2.24, 2.45) is 5.92 Å². The van der Waals surface area contributed by atoms with Crippen LogP contribution >= 0.6 is 0 Å². The number of ether oxygens (including phenoxy) is 2. The first-order chi connectivity index (χ1) is 11.4. The van der Waals surface area contributed by atoms with Gasteiger partial charge in [-0.3, -0.25) is 0 Å². The van der Waals surface area contributed by atoms with Crippen LogP contribution in [0.3, 0.4) is 0 Å². The lowest BCUT2D eigenvalue weighted by Crippen LogP contribution is -2.43. The van der Waals surface area contributed by atoms with Gasteiger partial charge in [0.1, 0.15) is 5.75 Å². The van der Waals surface area contributed by atoms with Crippen LogP contribution in [0.5, 0.6) is 5.75 Å². The number of carbonyl (C=O) groups excluding carboxylic acids is 1. The summed E-state index contributed by atoms with van der Waals surface area (Å²) in [6.07, 6.45) is 1.55. The maximum atomic E-state index is 12.0. The van der Waals surface area contributed by atoms with Crippen LogP contribution in [0.25, 0.3) is 0 Å². The van der Waals surface area contributed by atoms with Crippen LogP contribution in [0.1, 0.15) is 32.3 Å². The molecule has 0 aliphatic carbocycles. The first kappa shape index (κ1) is 18.2. The maximum absolute atomic E-state index is 12.0. The zero-order valence-corrected chi connectivity index (χ0v) is 15.1. The van der Waals surface area contributed by atoms with Crippen LogP contribution < -0.4 is 15.8 Å². The van der Waals surface area contributed by atoms with Crippen LogP contribution in [0, 0.1) is 12.8 Å². The van der Waals surface area contributed by atoms with E-state index in [4.69, 9.17) is 15.2 Å². The first-order valence-electron chi connectivity index (χ1n) is 8.53. The molecular weight excluding hydrogens is 306 g/mol. The van der Waals surface area contributed by atoms with Gasteiger partial charge in [0, 0.05) is 25.2 Å². The van der Waals surface area contributed by atoms with E-state index >= 15 is 0 Å². The summed E-state index contributed by atoms with van der Waals surface area (Å²) in [6, 6.07) is 4.15. The van der Waals surface area contributed by atoms with Gasteiger partial charge in [-0.2, -0.15) is 0 Å². The number of benzene rings is 1. The average Bonchev–Trinajstić information content (AvgIpc) is 2.56. The minimum atomic E-state index is -0.207. The maximum Gasteiger partial charge on any atom is 0.409 e. The monoisotopic (exact) mass is 335 g/mol. The second-order valence-electron chi connectivity index (χ2n) is 6.79. The number of nitrogens with two attached hydrogens (primary N) is 1. The SMILES string of the molecule is COc1cc(N)c(NC2CCN(C(=O)OCC(C)C)CC2)cc1C. The summed E-state index contributed by atoms with van der Waals surface area (Å²) < 4.78 is 10.6. The second-order valence-corrected chi connectivity index (χ2v) is 6.79. The summed E-state index contributed by atoms with van der Waals surface area (Å²) >= 11 is 0. The third-order valence-electron chi connectivity index (χ3n) is 4.22. The lowest BCUT2D eigenvalue weighted by molar-refractivity contribution is 0.0845. The lowest BCUT2D eigenvalue weighted by Gasteiger charge is -2.32. The fourth-order valence-electron chi connectivity index (χ4n) is 2.80. The molecule has 3 N–H and O–H groups in total. The normalized spacial score (nSPS) is 15.5. The number of carbonyl (C=O) groups is 1. The molecule has 6 nitrogen and oxygen atoms in total. The lowest BCUT2D eigenvalue weighted by atomic mass is 10.0. The Bertz CT molecular complexity index is 567. The summed E-state index contributed by atoms with van der Waals surface area (Å²) in [7, 11) is 1.64. The number of rotatable bonds is 5. The summed E-state index contributed by atoms with van der Waals surface area (Å²) in [5.74, 6) is 1.15. The van der Waals surface area contributed by atoms with Crippen molar-refractivity contribution >= 4 is 17.5 Å². The van der Waals surface area contributed by atoms with Crippen molar-refractivity contribution in [1.29, 1.82) is 0 Å². The highest BCUT2D eigenvalue weighted by atomic mass is 16.6. The van der Waals surface area contributed by atoms with Crippen LogP contribution in [0.4, 0.5) is 16.2 Å². The molecule has 24 heavy (non-hydrogen) atoms. The van der Waals surface area contributed by atoms with Crippen molar-refractivity contribution in [2.45, 2.75) is 39.7 Å². The summed E-state index contributed by atoms with van der Waals surface area (Å²) in [6.45, 7) is 7.93. The van der Waals surface area contributed by atoms with Gasteiger partial charge in [-0.15, -0.1) is 0 Å². The van der Waals surface area contributed by atoms with Crippen molar-refractivity contribution in [2.75, 3.05) is 37.9 Å². The van der Waals surface area contributed by atoms with Crippen molar-refractivity contribution in [3.05, 3.63) is 17.7 Å². The summed E-state index contributed by atoms with van der Waals surface area (Å²) in [4.78, 5) is 13.8. The number of nitrogen functional groups attached to an aromatic ring is 1. The second kappa shape index (κ2) is 8.13. The van der Waals surface area contributed by atoms with Crippen LogP contribution in [-0.4, -0.2) is 43.8 Å². The molecule has 134 valence electrons. The average molecular weight is 335 g/mol. The van der Waals surface area contributed by atoms with Gasteiger partial charge in [0.25, 0.3) is 0 Å². The number of hydrogen-bond donors (Lipinski definition) is 2. The fraction of sp³-hybridized carbons (Fsp3) is 0.611. The molecule has 1 heterocycles. The fourth-order valence-corrected chi connectivity index (χ4v) is 2.80. The molecule has 0 bridgehead atoms. The minimum Gasteiger partial charge on any atom is -0.496 e. The Morgan fingerprint density at radius 3 is 2.62 bits per heavy atom. The molecule has 1 fully saturated rings. The van der Waals surface area contributed by atoms with Crippen molar-refractivity contribution < 1.29 is 14.3 Å². The number of amides is 1. The quantitative estimate of drug-likeness (QED) is 0.808. The van der Waals surface area contributed by atoms with Gasteiger partial charge < -0.3 is 25.4 Å². The summed E-state index contributed by atoms with van der Waals surface area (Å²) in [5, 5.41) is 3.49. The van der Waals surface area contributed by atoms with Crippen LogP contribution in [-0.2, 0) is 4.74 Å². The van der Waals surface area contributed by atoms with Crippen molar-refractivity contribution in [1.82, 2.24) is 4.90 Å². The molecule has 0 spiro atoms. The van der Waals surface area contributed by atoms with Gasteiger partial charge >= 0.3 is 6.09 Å². The Balaban J connectivity index is 1.87. The Kier molecular flexibility index (Phi) is 6.17. The van der Waals surface area contributed by atoms with Crippen LogP contribution in [0.15, 0.2) is 12.1 Å². The van der Waals surface area contributed by atoms with E-state index in [1.54, 1.807) is 12.0 Å². The highest BCUT2D eigenvalue weighted by Gasteiger charge is 2.24. The number of anilines is 2. The smallest absolute Gasteiger partial charge is 0.409 e. The van der Waals surface area contributed by atoms with E-state index < -0.39 is 0 Å². The Labute approximate surface area is 144 Å². The van der Waals surface area contributed by atoms with Crippen LogP contribution in [0.2, 0.25) is 0 Å². The molecule has 1 aliphatic heterocycles. The van der Waals surface area contributed by atoms with E-state index in [1.807, 2.05) is 32.9 Å². The van der Waals surface area contributed by atoms with Gasteiger partial charge in [0.15, 0.2) is 0 Å². The molecule has 0 aromatic heterocycles. The third-order valence-corrected chi connectivity index (χ3v) is 4.22. The predicted octanol–water partition coefficient (Wildman–Crippen LogP) is 3.25. The Morgan fingerprint density at radius 2 is 2.04 bits per heavy atom. The molecule has 2 rings (SSSR count). The van der Waals surface area contributed by atoms with Crippen molar-refractivity contribution in [3.8, 4) is 5.75 Å². The van der Waals surface area contributed by atoms with Gasteiger partial charge in [0.05, 0.1) is 25.1 Å². The van der Waals surface area contributed by atoms with E-state index in [2.05, 4.69) is 5.32 Å². The molecule has 1 aromatic rings. The molecular formula is C18H29N3O3. The molecule has 0 saturated carbocycles. The number of nitrogens with zero attached hydrogens (tertiary/aromatic N) is 1. The van der Waals surface area contributed by atoms with E-state index in [0.717, 1.165) is 29.8 Å². The number of piperidine rings is 1. The number of aryl methyl sites for hydroxylation is 1. The zero-order chi connectivity index (χ0) is 17.7. The standard InChI is InChI=1S/C18H29N3O3/c1-12(2)11-24-18(22)21-7-5-14(6-8-21)20-16-9-13(3)17(23-4)10-15(16)19/h9-10,12,14,20H,5-8,11,19H2,1-4H3. The molecule has 1 amide bonds.